The van der Waals surface area contributed by atoms with E-state index in [1.54, 1.807) is 4.90 Å². The Labute approximate surface area is 179 Å². The van der Waals surface area contributed by atoms with E-state index < -0.39 is 23.9 Å². The maximum atomic E-state index is 13.9. The molecule has 2 atom stereocenters. The molecule has 1 aromatic carbocycles. The molecule has 1 amide bonds. The van der Waals surface area contributed by atoms with E-state index in [2.05, 4.69) is 15.3 Å². The summed E-state index contributed by atoms with van der Waals surface area (Å²) in [5.41, 5.74) is 0.951. The molecule has 2 aromatic heterocycles. The first-order chi connectivity index (χ1) is 15.0. The fourth-order valence-corrected chi connectivity index (χ4v) is 5.21. The van der Waals surface area contributed by atoms with E-state index in [4.69, 9.17) is 9.47 Å². The van der Waals surface area contributed by atoms with Gasteiger partial charge < -0.3 is 24.8 Å². The number of nitrogens with zero attached hydrogens (tertiary/aromatic N) is 3. The maximum absolute atomic E-state index is 13.9. The number of carbonyl (C=O) groups is 2. The van der Waals surface area contributed by atoms with Gasteiger partial charge in [-0.05, 0) is 12.1 Å². The van der Waals surface area contributed by atoms with Crippen molar-refractivity contribution >= 4 is 44.9 Å². The van der Waals surface area contributed by atoms with Crippen molar-refractivity contribution in [2.24, 2.45) is 0 Å². The van der Waals surface area contributed by atoms with Gasteiger partial charge in [0.05, 0.1) is 23.7 Å². The molecule has 0 aliphatic carbocycles. The van der Waals surface area contributed by atoms with Crippen LogP contribution >= 0.6 is 11.3 Å². The predicted octanol–water partition coefficient (Wildman–Crippen LogP) is 2.95. The van der Waals surface area contributed by atoms with Crippen LogP contribution in [0.5, 0.6) is 5.75 Å². The summed E-state index contributed by atoms with van der Waals surface area (Å²) in [6, 6.07) is 3.52. The monoisotopic (exact) mass is 444 g/mol. The number of ether oxygens (including phenoxy) is 2. The quantitative estimate of drug-likeness (QED) is 0.634. The molecule has 9 nitrogen and oxygen atoms in total. The third-order valence-corrected chi connectivity index (χ3v) is 6.50. The number of fused-ring (bicyclic) bond motifs is 4. The van der Waals surface area contributed by atoms with Crippen molar-refractivity contribution in [3.63, 3.8) is 0 Å². The number of hydrogen-bond donors (Lipinski definition) is 2. The molecule has 0 spiro atoms. The molecule has 0 radical (unpaired) electrons. The highest BCUT2D eigenvalue weighted by molar-refractivity contribution is 7.20. The number of benzene rings is 1. The van der Waals surface area contributed by atoms with E-state index in [-0.39, 0.29) is 29.7 Å². The van der Waals surface area contributed by atoms with E-state index >= 15 is 0 Å². The lowest BCUT2D eigenvalue weighted by Gasteiger charge is -2.24. The van der Waals surface area contributed by atoms with Gasteiger partial charge in [0.1, 0.15) is 46.1 Å². The third kappa shape index (κ3) is 3.26. The minimum absolute atomic E-state index is 0.0966. The van der Waals surface area contributed by atoms with Crippen molar-refractivity contribution in [3.8, 4) is 5.75 Å². The summed E-state index contributed by atoms with van der Waals surface area (Å²) in [5, 5.41) is 13.6. The summed E-state index contributed by atoms with van der Waals surface area (Å²) in [6.45, 7) is 0.0583. The van der Waals surface area contributed by atoms with Crippen LogP contribution in [0, 0.1) is 5.82 Å². The minimum atomic E-state index is -1.10. The number of amides is 1. The number of aromatic nitrogens is 2. The van der Waals surface area contributed by atoms with Crippen LogP contribution in [0.15, 0.2) is 24.5 Å². The molecule has 3 aromatic rings. The second-order valence-electron chi connectivity index (χ2n) is 7.29. The molecule has 2 N–H and O–H groups in total. The Balaban J connectivity index is 1.78. The van der Waals surface area contributed by atoms with Crippen LogP contribution in [0.25, 0.3) is 10.2 Å². The number of halogens is 1. The van der Waals surface area contributed by atoms with Crippen molar-refractivity contribution in [2.75, 3.05) is 25.6 Å². The van der Waals surface area contributed by atoms with Crippen LogP contribution in [-0.4, -0.2) is 58.2 Å². The zero-order valence-corrected chi connectivity index (χ0v) is 17.1. The summed E-state index contributed by atoms with van der Waals surface area (Å²) >= 11 is 1.03. The predicted molar refractivity (Wildman–Crippen MR) is 109 cm³/mol. The van der Waals surface area contributed by atoms with Gasteiger partial charge in [0.2, 0.25) is 5.91 Å². The number of carboxylic acid groups (broad SMARTS) is 1. The summed E-state index contributed by atoms with van der Waals surface area (Å²) in [5.74, 6) is -1.21. The average Bonchev–Trinajstić information content (AvgIpc) is 3.31. The first-order valence-corrected chi connectivity index (χ1v) is 10.3. The summed E-state index contributed by atoms with van der Waals surface area (Å²) in [4.78, 5) is 35.6. The fraction of sp³-hybridized carbons (Fsp3) is 0.300. The number of carboxylic acids is 1. The van der Waals surface area contributed by atoms with E-state index in [9.17, 15) is 19.1 Å². The first kappa shape index (κ1) is 19.6. The van der Waals surface area contributed by atoms with Gasteiger partial charge in [-0.1, -0.05) is 0 Å². The van der Waals surface area contributed by atoms with Gasteiger partial charge in [-0.15, -0.1) is 11.3 Å². The number of likely N-dealkylation sites (tertiary alicyclic amines) is 1. The highest BCUT2D eigenvalue weighted by atomic mass is 32.1. The van der Waals surface area contributed by atoms with Gasteiger partial charge in [0.15, 0.2) is 0 Å². The van der Waals surface area contributed by atoms with Crippen LogP contribution in [0.4, 0.5) is 15.9 Å². The van der Waals surface area contributed by atoms with E-state index in [0.29, 0.717) is 33.7 Å². The van der Waals surface area contributed by atoms with E-state index in [1.165, 1.54) is 31.6 Å². The Morgan fingerprint density at radius 3 is 3.03 bits per heavy atom. The lowest BCUT2D eigenvalue weighted by molar-refractivity contribution is -0.136. The average molecular weight is 444 g/mol. The summed E-state index contributed by atoms with van der Waals surface area (Å²) in [7, 11) is 1.42. The molecule has 0 saturated carbocycles. The molecule has 5 rings (SSSR count). The molecule has 1 fully saturated rings. The smallest absolute Gasteiger partial charge is 0.346 e. The number of carbonyl (C=O) groups excluding carboxylic acids is 1. The van der Waals surface area contributed by atoms with Crippen LogP contribution in [0.3, 0.4) is 0 Å². The molecule has 2 aliphatic rings. The Hall–Kier alpha value is -3.31. The molecule has 1 saturated heterocycles. The van der Waals surface area contributed by atoms with Crippen LogP contribution < -0.4 is 10.1 Å². The van der Waals surface area contributed by atoms with Crippen molar-refractivity contribution in [3.05, 3.63) is 40.8 Å². The van der Waals surface area contributed by atoms with Crippen molar-refractivity contribution in [2.45, 2.75) is 18.6 Å². The van der Waals surface area contributed by atoms with Gasteiger partial charge in [0.25, 0.3) is 0 Å². The lowest BCUT2D eigenvalue weighted by atomic mass is 10.00. The SMILES string of the molecule is COCC(=O)N1CC2CC1c1c(C(=O)O)sc3ncnc(c13)Nc1ccc(F)cc1O2. The Morgan fingerprint density at radius 2 is 2.26 bits per heavy atom. The minimum Gasteiger partial charge on any atom is -0.486 e. The Kier molecular flexibility index (Phi) is 4.71. The Morgan fingerprint density at radius 1 is 1.42 bits per heavy atom. The number of nitrogens with one attached hydrogen (secondary N) is 1. The van der Waals surface area contributed by atoms with Crippen LogP contribution in [0.2, 0.25) is 0 Å². The van der Waals surface area contributed by atoms with E-state index in [1.807, 2.05) is 0 Å². The molecule has 2 aliphatic heterocycles. The van der Waals surface area contributed by atoms with Crippen molar-refractivity contribution < 1.29 is 28.6 Å². The molecule has 2 bridgehead atoms. The number of methoxy groups -OCH3 is 1. The zero-order valence-electron chi connectivity index (χ0n) is 16.3. The zero-order chi connectivity index (χ0) is 21.7. The third-order valence-electron chi connectivity index (χ3n) is 5.39. The number of aromatic carboxylic acids is 1. The second-order valence-corrected chi connectivity index (χ2v) is 8.29. The van der Waals surface area contributed by atoms with Crippen molar-refractivity contribution in [1.82, 2.24) is 14.9 Å². The summed E-state index contributed by atoms with van der Waals surface area (Å²) in [6.07, 6.45) is 1.21. The largest absolute Gasteiger partial charge is 0.486 e. The van der Waals surface area contributed by atoms with Gasteiger partial charge >= 0.3 is 5.97 Å². The topological polar surface area (TPSA) is 114 Å². The molecular formula is C20H17FN4O5S. The fourth-order valence-electron chi connectivity index (χ4n) is 4.17. The molecule has 4 heterocycles. The van der Waals surface area contributed by atoms with Gasteiger partial charge in [-0.2, -0.15) is 0 Å². The number of thiophene rings is 1. The standard InChI is InChI=1S/C20H17FN4O5S/c1-29-7-14(26)25-6-10-5-12(25)15-16-18(22-8-23-19(16)31-17(15)20(27)28)24-11-3-2-9(21)4-13(11)30-10/h2-4,8,10,12H,5-7H2,1H3,(H,27,28)(H,22,23,24). The second kappa shape index (κ2) is 7.43. The normalized spacial score (nSPS) is 19.5. The highest BCUT2D eigenvalue weighted by Crippen LogP contribution is 2.46. The number of rotatable bonds is 3. The number of anilines is 2. The molecular weight excluding hydrogens is 427 g/mol. The van der Waals surface area contributed by atoms with Crippen LogP contribution in [0.1, 0.15) is 27.7 Å². The van der Waals surface area contributed by atoms with Gasteiger partial charge in [-0.3, -0.25) is 4.79 Å². The van der Waals surface area contributed by atoms with E-state index in [0.717, 1.165) is 11.3 Å². The van der Waals surface area contributed by atoms with Crippen molar-refractivity contribution in [1.29, 1.82) is 0 Å². The first-order valence-electron chi connectivity index (χ1n) is 9.48. The van der Waals surface area contributed by atoms with Gasteiger partial charge in [0, 0.05) is 25.2 Å². The molecule has 2 unspecified atom stereocenters. The molecule has 160 valence electrons. The molecule has 31 heavy (non-hydrogen) atoms. The van der Waals surface area contributed by atoms with Gasteiger partial charge in [-0.25, -0.2) is 19.2 Å². The molecule has 11 heteroatoms. The Bertz CT molecular complexity index is 1220. The number of hydrogen-bond acceptors (Lipinski definition) is 8. The van der Waals surface area contributed by atoms with Crippen LogP contribution in [-0.2, 0) is 9.53 Å². The highest BCUT2D eigenvalue weighted by Gasteiger charge is 2.42. The maximum Gasteiger partial charge on any atom is 0.346 e. The lowest BCUT2D eigenvalue weighted by Crippen LogP contribution is -2.35. The summed E-state index contributed by atoms with van der Waals surface area (Å²) < 4.78 is 25.0.